The lowest BCUT2D eigenvalue weighted by molar-refractivity contribution is 0.0924. The molecule has 1 unspecified atom stereocenters. The van der Waals surface area contributed by atoms with Crippen molar-refractivity contribution in [2.45, 2.75) is 19.6 Å². The van der Waals surface area contributed by atoms with E-state index in [9.17, 15) is 9.90 Å². The number of para-hydroxylation sites is 1. The molecule has 1 atom stereocenters. The fraction of sp³-hybridized carbons (Fsp3) is 0.357. The Morgan fingerprint density at radius 1 is 1.50 bits per heavy atom. The number of fused-ring (bicyclic) bond motifs is 1. The molecule has 0 fully saturated rings. The lowest BCUT2D eigenvalue weighted by Crippen LogP contribution is -2.32. The number of aliphatic hydroxyl groups excluding tert-OH is 1. The number of likely N-dealkylation sites (N-methyl/N-ethyl adjacent to an activating group) is 1. The van der Waals surface area contributed by atoms with Crippen LogP contribution in [0.4, 0.5) is 0 Å². The van der Waals surface area contributed by atoms with Crippen molar-refractivity contribution in [1.82, 2.24) is 10.3 Å². The number of nitrogens with one attached hydrogen (secondary N) is 1. The molecule has 0 aliphatic carbocycles. The van der Waals surface area contributed by atoms with Gasteiger partial charge >= 0.3 is 5.91 Å². The lowest BCUT2D eigenvalue weighted by Gasteiger charge is -2.18. The van der Waals surface area contributed by atoms with E-state index in [2.05, 4.69) is 5.43 Å². The number of nitrogens with two attached hydrogens (primary N) is 1. The molecule has 0 spiro atoms. The van der Waals surface area contributed by atoms with Crippen molar-refractivity contribution in [1.29, 1.82) is 0 Å². The normalized spacial score (nSPS) is 12.8. The fourth-order valence-electron chi connectivity index (χ4n) is 2.29. The topological polar surface area (TPSA) is 91.7 Å². The average molecular weight is 277 g/mol. The molecule has 1 heterocycles. The zero-order valence-corrected chi connectivity index (χ0v) is 11.6. The van der Waals surface area contributed by atoms with Crippen molar-refractivity contribution < 1.29 is 14.3 Å². The van der Waals surface area contributed by atoms with E-state index >= 15 is 0 Å². The van der Waals surface area contributed by atoms with Crippen LogP contribution in [0.2, 0.25) is 0 Å². The van der Waals surface area contributed by atoms with Gasteiger partial charge in [0.05, 0.1) is 6.10 Å². The molecule has 2 aromatic rings. The predicted octanol–water partition coefficient (Wildman–Crippen LogP) is 0.849. The van der Waals surface area contributed by atoms with Crippen LogP contribution < -0.4 is 11.3 Å². The summed E-state index contributed by atoms with van der Waals surface area (Å²) in [7, 11) is 1.87. The Bertz CT molecular complexity index is 607. The number of benzene rings is 1. The number of carbonyl (C=O) groups is 1. The maximum atomic E-state index is 11.8. The maximum absolute atomic E-state index is 11.8. The first kappa shape index (κ1) is 14.5. The Kier molecular flexibility index (Phi) is 4.39. The van der Waals surface area contributed by atoms with Crippen LogP contribution in [-0.2, 0) is 6.54 Å². The first-order valence-corrected chi connectivity index (χ1v) is 6.41. The number of hydrazine groups is 1. The van der Waals surface area contributed by atoms with Crippen molar-refractivity contribution in [3.63, 3.8) is 0 Å². The summed E-state index contributed by atoms with van der Waals surface area (Å²) in [4.78, 5) is 13.7. The Hall–Kier alpha value is -1.89. The van der Waals surface area contributed by atoms with Crippen LogP contribution in [0.1, 0.15) is 23.0 Å². The number of aliphatic hydroxyl groups is 1. The van der Waals surface area contributed by atoms with Gasteiger partial charge in [0.2, 0.25) is 0 Å². The highest BCUT2D eigenvalue weighted by molar-refractivity contribution is 5.98. The zero-order chi connectivity index (χ0) is 14.7. The van der Waals surface area contributed by atoms with E-state index in [1.165, 1.54) is 0 Å². The molecule has 1 aromatic heterocycles. The van der Waals surface area contributed by atoms with Crippen LogP contribution >= 0.6 is 0 Å². The van der Waals surface area contributed by atoms with Crippen LogP contribution in [0.5, 0.6) is 0 Å². The second kappa shape index (κ2) is 6.04. The first-order valence-electron chi connectivity index (χ1n) is 6.41. The Balaban J connectivity index is 2.40. The van der Waals surface area contributed by atoms with Gasteiger partial charge in [-0.25, -0.2) is 5.84 Å². The van der Waals surface area contributed by atoms with Crippen molar-refractivity contribution in [3.05, 3.63) is 35.6 Å². The quantitative estimate of drug-likeness (QED) is 0.428. The van der Waals surface area contributed by atoms with Crippen molar-refractivity contribution >= 4 is 16.9 Å². The van der Waals surface area contributed by atoms with Gasteiger partial charge in [0.15, 0.2) is 5.76 Å². The number of nitrogens with zero attached hydrogens (tertiary/aromatic N) is 1. The van der Waals surface area contributed by atoms with Crippen LogP contribution in [0.25, 0.3) is 11.0 Å². The molecule has 4 N–H and O–H groups in total. The summed E-state index contributed by atoms with van der Waals surface area (Å²) in [6, 6.07) is 7.44. The summed E-state index contributed by atoms with van der Waals surface area (Å²) in [5.74, 6) is 4.95. The van der Waals surface area contributed by atoms with Gasteiger partial charge in [-0.2, -0.15) is 0 Å². The minimum atomic E-state index is -0.457. The van der Waals surface area contributed by atoms with Crippen LogP contribution in [0.3, 0.4) is 0 Å². The molecule has 0 radical (unpaired) electrons. The molecule has 6 heteroatoms. The molecule has 0 bridgehead atoms. The summed E-state index contributed by atoms with van der Waals surface area (Å²) in [6.07, 6.45) is -0.440. The highest BCUT2D eigenvalue weighted by atomic mass is 16.3. The van der Waals surface area contributed by atoms with Gasteiger partial charge in [0.1, 0.15) is 5.58 Å². The molecule has 0 saturated heterocycles. The van der Waals surface area contributed by atoms with Crippen LogP contribution in [0.15, 0.2) is 28.7 Å². The van der Waals surface area contributed by atoms with E-state index in [4.69, 9.17) is 10.3 Å². The third kappa shape index (κ3) is 2.98. The van der Waals surface area contributed by atoms with E-state index in [1.807, 2.05) is 30.1 Å². The van der Waals surface area contributed by atoms with E-state index in [0.717, 1.165) is 10.9 Å². The maximum Gasteiger partial charge on any atom is 0.301 e. The van der Waals surface area contributed by atoms with Crippen LogP contribution in [-0.4, -0.2) is 35.6 Å². The molecule has 1 amide bonds. The van der Waals surface area contributed by atoms with Crippen molar-refractivity contribution in [2.75, 3.05) is 13.6 Å². The molecule has 20 heavy (non-hydrogen) atoms. The SMILES string of the molecule is CC(O)CN(C)Cc1c(C(=O)NN)oc2ccccc12. The van der Waals surface area contributed by atoms with Gasteiger partial charge in [-0.3, -0.25) is 15.1 Å². The van der Waals surface area contributed by atoms with Gasteiger partial charge in [0.25, 0.3) is 0 Å². The number of rotatable bonds is 5. The number of amides is 1. The van der Waals surface area contributed by atoms with Crippen molar-refractivity contribution in [3.8, 4) is 0 Å². The smallest absolute Gasteiger partial charge is 0.301 e. The summed E-state index contributed by atoms with van der Waals surface area (Å²) in [6.45, 7) is 2.71. The number of hydrogen-bond donors (Lipinski definition) is 3. The number of carbonyl (C=O) groups excluding carboxylic acids is 1. The van der Waals surface area contributed by atoms with Gasteiger partial charge in [-0.15, -0.1) is 0 Å². The second-order valence-electron chi connectivity index (χ2n) is 4.93. The molecule has 0 saturated carbocycles. The molecule has 1 aromatic carbocycles. The molecular weight excluding hydrogens is 258 g/mol. The summed E-state index contributed by atoms with van der Waals surface area (Å²) in [5, 5.41) is 10.3. The molecular formula is C14H19N3O3. The van der Waals surface area contributed by atoms with Crippen molar-refractivity contribution in [2.24, 2.45) is 5.84 Å². The fourth-order valence-corrected chi connectivity index (χ4v) is 2.29. The summed E-state index contributed by atoms with van der Waals surface area (Å²) in [5.41, 5.74) is 3.51. The number of furan rings is 1. The van der Waals surface area contributed by atoms with E-state index < -0.39 is 12.0 Å². The average Bonchev–Trinajstić information content (AvgIpc) is 2.76. The first-order chi connectivity index (χ1) is 9.52. The van der Waals surface area contributed by atoms with Gasteiger partial charge in [-0.05, 0) is 20.0 Å². The van der Waals surface area contributed by atoms with E-state index in [1.54, 1.807) is 13.0 Å². The number of hydrogen-bond acceptors (Lipinski definition) is 5. The largest absolute Gasteiger partial charge is 0.451 e. The van der Waals surface area contributed by atoms with Crippen LogP contribution in [0, 0.1) is 0 Å². The minimum Gasteiger partial charge on any atom is -0.451 e. The molecule has 2 rings (SSSR count). The summed E-state index contributed by atoms with van der Waals surface area (Å²) < 4.78 is 5.58. The standard InChI is InChI=1S/C14H19N3O3/c1-9(18)7-17(2)8-11-10-5-3-4-6-12(10)20-13(11)14(19)16-15/h3-6,9,18H,7-8,15H2,1-2H3,(H,16,19). The lowest BCUT2D eigenvalue weighted by atomic mass is 10.1. The monoisotopic (exact) mass is 277 g/mol. The van der Waals surface area contributed by atoms with E-state index in [-0.39, 0.29) is 5.76 Å². The van der Waals surface area contributed by atoms with E-state index in [0.29, 0.717) is 18.7 Å². The molecule has 6 nitrogen and oxygen atoms in total. The van der Waals surface area contributed by atoms with Gasteiger partial charge in [0, 0.05) is 24.0 Å². The highest BCUT2D eigenvalue weighted by Gasteiger charge is 2.21. The predicted molar refractivity (Wildman–Crippen MR) is 75.9 cm³/mol. The zero-order valence-electron chi connectivity index (χ0n) is 11.6. The van der Waals surface area contributed by atoms with Gasteiger partial charge < -0.3 is 9.52 Å². The Morgan fingerprint density at radius 2 is 2.20 bits per heavy atom. The molecule has 108 valence electrons. The minimum absolute atomic E-state index is 0.214. The summed E-state index contributed by atoms with van der Waals surface area (Å²) >= 11 is 0. The number of nitrogen functional groups attached to an aromatic ring is 1. The molecule has 0 aliphatic heterocycles. The second-order valence-corrected chi connectivity index (χ2v) is 4.93. The van der Waals surface area contributed by atoms with Gasteiger partial charge in [-0.1, -0.05) is 18.2 Å². The Morgan fingerprint density at radius 3 is 2.85 bits per heavy atom. The third-order valence-corrected chi connectivity index (χ3v) is 3.04. The third-order valence-electron chi connectivity index (χ3n) is 3.04. The highest BCUT2D eigenvalue weighted by Crippen LogP contribution is 2.26. The molecule has 0 aliphatic rings. The Labute approximate surface area is 117 Å².